The molecule has 0 aromatic carbocycles. The van der Waals surface area contributed by atoms with Gasteiger partial charge in [0, 0.05) is 20.6 Å². The highest BCUT2D eigenvalue weighted by Crippen LogP contribution is 2.22. The van der Waals surface area contributed by atoms with E-state index in [0.29, 0.717) is 18.2 Å². The molecule has 110 valence electrons. The third-order valence-electron chi connectivity index (χ3n) is 2.83. The van der Waals surface area contributed by atoms with Gasteiger partial charge in [-0.3, -0.25) is 14.9 Å². The lowest BCUT2D eigenvalue weighted by Gasteiger charge is -2.23. The smallest absolute Gasteiger partial charge is 0.276 e. The summed E-state index contributed by atoms with van der Waals surface area (Å²) in [6, 6.07) is 2.68. The standard InChI is InChI=1S/C12H19N5O3/c1-12(2,11(18)14-4)7-15-10-6-8(17(19)20)5-9(13-3)16-10/h5-6H,7H2,1-4H3,(H,14,18)(H2,13,15,16). The van der Waals surface area contributed by atoms with Gasteiger partial charge in [0.05, 0.1) is 22.5 Å². The molecule has 0 aliphatic rings. The van der Waals surface area contributed by atoms with E-state index in [1.54, 1.807) is 27.9 Å². The number of rotatable bonds is 6. The Kier molecular flexibility index (Phi) is 4.84. The van der Waals surface area contributed by atoms with E-state index >= 15 is 0 Å². The summed E-state index contributed by atoms with van der Waals surface area (Å²) in [4.78, 5) is 26.2. The van der Waals surface area contributed by atoms with Crippen molar-refractivity contribution in [2.75, 3.05) is 31.3 Å². The van der Waals surface area contributed by atoms with Gasteiger partial charge in [-0.05, 0) is 13.8 Å². The van der Waals surface area contributed by atoms with Crippen molar-refractivity contribution < 1.29 is 9.72 Å². The number of amides is 1. The van der Waals surface area contributed by atoms with Crippen LogP contribution in [0.25, 0.3) is 0 Å². The summed E-state index contributed by atoms with van der Waals surface area (Å²) >= 11 is 0. The Morgan fingerprint density at radius 1 is 1.35 bits per heavy atom. The van der Waals surface area contributed by atoms with Gasteiger partial charge in [-0.2, -0.15) is 0 Å². The normalized spacial score (nSPS) is 10.8. The Morgan fingerprint density at radius 3 is 2.45 bits per heavy atom. The van der Waals surface area contributed by atoms with Gasteiger partial charge in [0.25, 0.3) is 5.69 Å². The largest absolute Gasteiger partial charge is 0.373 e. The number of nitrogens with zero attached hydrogens (tertiary/aromatic N) is 2. The summed E-state index contributed by atoms with van der Waals surface area (Å²) in [7, 11) is 3.19. The molecule has 0 bridgehead atoms. The van der Waals surface area contributed by atoms with E-state index in [-0.39, 0.29) is 11.6 Å². The highest BCUT2D eigenvalue weighted by Gasteiger charge is 2.26. The molecule has 1 rings (SSSR count). The first kappa shape index (κ1) is 15.7. The number of carbonyl (C=O) groups is 1. The predicted molar refractivity (Wildman–Crippen MR) is 76.8 cm³/mol. The minimum Gasteiger partial charge on any atom is -0.373 e. The van der Waals surface area contributed by atoms with Gasteiger partial charge in [0.1, 0.15) is 11.6 Å². The van der Waals surface area contributed by atoms with Gasteiger partial charge in [-0.15, -0.1) is 0 Å². The third-order valence-corrected chi connectivity index (χ3v) is 2.83. The van der Waals surface area contributed by atoms with Gasteiger partial charge in [0.2, 0.25) is 5.91 Å². The van der Waals surface area contributed by atoms with Crippen LogP contribution in [0.15, 0.2) is 12.1 Å². The molecule has 1 heterocycles. The fraction of sp³-hybridized carbons (Fsp3) is 0.500. The van der Waals surface area contributed by atoms with Crippen molar-refractivity contribution in [2.45, 2.75) is 13.8 Å². The number of nitro groups is 1. The van der Waals surface area contributed by atoms with Crippen LogP contribution in [-0.4, -0.2) is 36.5 Å². The molecule has 1 amide bonds. The number of hydrogen-bond donors (Lipinski definition) is 3. The quantitative estimate of drug-likeness (QED) is 0.534. The van der Waals surface area contributed by atoms with Crippen LogP contribution in [0.4, 0.5) is 17.3 Å². The van der Waals surface area contributed by atoms with Crippen molar-refractivity contribution in [1.82, 2.24) is 10.3 Å². The molecule has 8 nitrogen and oxygen atoms in total. The molecule has 8 heteroatoms. The minimum absolute atomic E-state index is 0.0652. The molecule has 1 aromatic heterocycles. The Hall–Kier alpha value is -2.38. The molecule has 0 radical (unpaired) electrons. The topological polar surface area (TPSA) is 109 Å². The van der Waals surface area contributed by atoms with Crippen molar-refractivity contribution in [3.05, 3.63) is 22.2 Å². The van der Waals surface area contributed by atoms with Crippen molar-refractivity contribution in [3.63, 3.8) is 0 Å². The summed E-state index contributed by atoms with van der Waals surface area (Å²) in [5, 5.41) is 19.1. The van der Waals surface area contributed by atoms with Crippen LogP contribution in [-0.2, 0) is 4.79 Å². The summed E-state index contributed by atoms with van der Waals surface area (Å²) in [6.07, 6.45) is 0. The molecule has 1 aromatic rings. The first-order valence-corrected chi connectivity index (χ1v) is 6.10. The maximum absolute atomic E-state index is 11.7. The highest BCUT2D eigenvalue weighted by molar-refractivity contribution is 5.82. The van der Waals surface area contributed by atoms with E-state index < -0.39 is 10.3 Å². The SMILES string of the molecule is CNC(=O)C(C)(C)CNc1cc([N+](=O)[O-])cc(NC)n1. The van der Waals surface area contributed by atoms with Gasteiger partial charge < -0.3 is 16.0 Å². The molecule has 3 N–H and O–H groups in total. The first-order valence-electron chi connectivity index (χ1n) is 6.10. The van der Waals surface area contributed by atoms with Crippen molar-refractivity contribution in [1.29, 1.82) is 0 Å². The predicted octanol–water partition coefficient (Wildman–Crippen LogP) is 1.22. The Labute approximate surface area is 117 Å². The summed E-state index contributed by atoms with van der Waals surface area (Å²) in [5.41, 5.74) is -0.717. The van der Waals surface area contributed by atoms with E-state index in [2.05, 4.69) is 20.9 Å². The molecular formula is C12H19N5O3. The zero-order valence-electron chi connectivity index (χ0n) is 12.0. The van der Waals surface area contributed by atoms with Crippen LogP contribution >= 0.6 is 0 Å². The van der Waals surface area contributed by atoms with Gasteiger partial charge >= 0.3 is 0 Å². The van der Waals surface area contributed by atoms with Crippen LogP contribution < -0.4 is 16.0 Å². The zero-order valence-corrected chi connectivity index (χ0v) is 12.0. The molecule has 0 atom stereocenters. The first-order chi connectivity index (χ1) is 9.30. The summed E-state index contributed by atoms with van der Waals surface area (Å²) in [6.45, 7) is 3.86. The molecule has 0 fully saturated rings. The average molecular weight is 281 g/mol. The van der Waals surface area contributed by atoms with E-state index in [1.807, 2.05) is 0 Å². The average Bonchev–Trinajstić information content (AvgIpc) is 2.43. The van der Waals surface area contributed by atoms with E-state index in [9.17, 15) is 14.9 Å². The lowest BCUT2D eigenvalue weighted by molar-refractivity contribution is -0.384. The maximum Gasteiger partial charge on any atom is 0.276 e. The number of nitrogens with one attached hydrogen (secondary N) is 3. The van der Waals surface area contributed by atoms with Crippen molar-refractivity contribution >= 4 is 23.2 Å². The van der Waals surface area contributed by atoms with Gasteiger partial charge in [0.15, 0.2) is 0 Å². The number of anilines is 2. The van der Waals surface area contributed by atoms with Crippen LogP contribution in [0, 0.1) is 15.5 Å². The molecule has 0 saturated carbocycles. The summed E-state index contributed by atoms with van der Waals surface area (Å²) in [5.74, 6) is 0.615. The molecule has 0 aliphatic carbocycles. The lowest BCUT2D eigenvalue weighted by Crippen LogP contribution is -2.39. The Morgan fingerprint density at radius 2 is 1.95 bits per heavy atom. The van der Waals surface area contributed by atoms with Crippen LogP contribution in [0.3, 0.4) is 0 Å². The number of carbonyl (C=O) groups excluding carboxylic acids is 1. The van der Waals surface area contributed by atoms with E-state index in [4.69, 9.17) is 0 Å². The fourth-order valence-corrected chi connectivity index (χ4v) is 1.57. The second kappa shape index (κ2) is 6.18. The van der Waals surface area contributed by atoms with Gasteiger partial charge in [-0.1, -0.05) is 0 Å². The molecule has 0 unspecified atom stereocenters. The molecular weight excluding hydrogens is 262 g/mol. The highest BCUT2D eigenvalue weighted by atomic mass is 16.6. The van der Waals surface area contributed by atoms with Crippen molar-refractivity contribution in [2.24, 2.45) is 5.41 Å². The van der Waals surface area contributed by atoms with E-state index in [1.165, 1.54) is 12.1 Å². The van der Waals surface area contributed by atoms with E-state index in [0.717, 1.165) is 0 Å². The van der Waals surface area contributed by atoms with Crippen LogP contribution in [0.1, 0.15) is 13.8 Å². The molecule has 0 aliphatic heterocycles. The number of aromatic nitrogens is 1. The molecule has 0 spiro atoms. The Bertz CT molecular complexity index is 516. The maximum atomic E-state index is 11.7. The monoisotopic (exact) mass is 281 g/mol. The zero-order chi connectivity index (χ0) is 15.3. The number of pyridine rings is 1. The number of hydrogen-bond acceptors (Lipinski definition) is 6. The fourth-order valence-electron chi connectivity index (χ4n) is 1.57. The molecule has 0 saturated heterocycles. The van der Waals surface area contributed by atoms with Gasteiger partial charge in [-0.25, -0.2) is 4.98 Å². The third kappa shape index (κ3) is 3.81. The van der Waals surface area contributed by atoms with Crippen LogP contribution in [0.5, 0.6) is 0 Å². The minimum atomic E-state index is -0.652. The van der Waals surface area contributed by atoms with Crippen LogP contribution in [0.2, 0.25) is 0 Å². The lowest BCUT2D eigenvalue weighted by atomic mass is 9.92. The van der Waals surface area contributed by atoms with Crippen molar-refractivity contribution in [3.8, 4) is 0 Å². The Balaban J connectivity index is 2.90. The molecule has 20 heavy (non-hydrogen) atoms. The summed E-state index contributed by atoms with van der Waals surface area (Å²) < 4.78 is 0. The second-order valence-corrected chi connectivity index (χ2v) is 4.92. The second-order valence-electron chi connectivity index (χ2n) is 4.92.